The fraction of sp³-hybridized carbons (Fsp3) is 0.818. The van der Waals surface area contributed by atoms with Gasteiger partial charge in [0.1, 0.15) is 0 Å². The Morgan fingerprint density at radius 3 is 2.25 bits per heavy atom. The number of carbonyl (C=O) groups is 2. The van der Waals surface area contributed by atoms with Crippen LogP contribution in [0.5, 0.6) is 0 Å². The van der Waals surface area contributed by atoms with Gasteiger partial charge in [-0.25, -0.2) is 0 Å². The molecule has 0 rings (SSSR count). The van der Waals surface area contributed by atoms with Gasteiger partial charge in [-0.1, -0.05) is 29.8 Å². The van der Waals surface area contributed by atoms with Crippen LogP contribution in [-0.2, 0) is 9.59 Å². The number of hydrogen-bond donors (Lipinski definition) is 1. The minimum Gasteiger partial charge on any atom is -0.354 e. The molecule has 0 spiro atoms. The first kappa shape index (κ1) is 15.4. The first-order chi connectivity index (χ1) is 7.14. The molecule has 0 aliphatic rings. The second kappa shape index (κ2) is 6.23. The van der Waals surface area contributed by atoms with Crippen molar-refractivity contribution in [2.75, 3.05) is 20.1 Å². The van der Waals surface area contributed by atoms with Crippen LogP contribution in [0, 0.1) is 5.92 Å². The van der Waals surface area contributed by atoms with Gasteiger partial charge in [-0.05, 0) is 19.8 Å². The summed E-state index contributed by atoms with van der Waals surface area (Å²) in [6.07, 6.45) is 0. The molecule has 0 fully saturated rings. The summed E-state index contributed by atoms with van der Waals surface area (Å²) in [5.41, 5.74) is 0. The van der Waals surface area contributed by atoms with Crippen LogP contribution in [0.15, 0.2) is 0 Å². The fourth-order valence-electron chi connectivity index (χ4n) is 1.11. The Bertz CT molecular complexity index is 259. The SMILES string of the molecule is CC(C)CNC(=O)CN(C)C(=O)C(C)(C)Br. The monoisotopic (exact) mass is 292 g/mol. The Morgan fingerprint density at radius 1 is 1.38 bits per heavy atom. The minimum atomic E-state index is -0.625. The Kier molecular flexibility index (Phi) is 6.00. The van der Waals surface area contributed by atoms with Crippen molar-refractivity contribution in [2.24, 2.45) is 5.92 Å². The van der Waals surface area contributed by atoms with E-state index in [9.17, 15) is 9.59 Å². The largest absolute Gasteiger partial charge is 0.354 e. The number of halogens is 1. The molecule has 0 aliphatic carbocycles. The van der Waals surface area contributed by atoms with Gasteiger partial charge < -0.3 is 10.2 Å². The van der Waals surface area contributed by atoms with Gasteiger partial charge in [-0.2, -0.15) is 0 Å². The van der Waals surface area contributed by atoms with E-state index in [1.807, 2.05) is 13.8 Å². The van der Waals surface area contributed by atoms with Crippen molar-refractivity contribution >= 4 is 27.7 Å². The molecule has 4 nitrogen and oxygen atoms in total. The maximum atomic E-state index is 11.7. The molecule has 0 aliphatic heterocycles. The summed E-state index contributed by atoms with van der Waals surface area (Å²) >= 11 is 3.27. The second-order valence-corrected chi connectivity index (χ2v) is 6.81. The predicted octanol–water partition coefficient (Wildman–Crippen LogP) is 1.39. The summed E-state index contributed by atoms with van der Waals surface area (Å²) in [4.78, 5) is 24.6. The quantitative estimate of drug-likeness (QED) is 0.779. The smallest absolute Gasteiger partial charge is 0.239 e. The van der Waals surface area contributed by atoms with Crippen LogP contribution in [-0.4, -0.2) is 41.2 Å². The molecule has 5 heteroatoms. The molecule has 0 bridgehead atoms. The van der Waals surface area contributed by atoms with Crippen molar-refractivity contribution < 1.29 is 9.59 Å². The fourth-order valence-corrected chi connectivity index (χ4v) is 1.42. The zero-order valence-electron chi connectivity index (χ0n) is 10.6. The lowest BCUT2D eigenvalue weighted by Gasteiger charge is -2.24. The highest BCUT2D eigenvalue weighted by Gasteiger charge is 2.27. The molecule has 94 valence electrons. The van der Waals surface area contributed by atoms with Crippen LogP contribution in [0.3, 0.4) is 0 Å². The highest BCUT2D eigenvalue weighted by atomic mass is 79.9. The van der Waals surface area contributed by atoms with Crippen molar-refractivity contribution in [3.05, 3.63) is 0 Å². The molecule has 0 saturated carbocycles. The summed E-state index contributed by atoms with van der Waals surface area (Å²) in [6, 6.07) is 0. The molecule has 0 aromatic heterocycles. The molecular formula is C11H21BrN2O2. The molecule has 0 aromatic rings. The first-order valence-corrected chi connectivity index (χ1v) is 6.15. The Morgan fingerprint density at radius 2 is 1.88 bits per heavy atom. The number of hydrogen-bond acceptors (Lipinski definition) is 2. The van der Waals surface area contributed by atoms with Crippen LogP contribution < -0.4 is 5.32 Å². The first-order valence-electron chi connectivity index (χ1n) is 5.35. The van der Waals surface area contributed by atoms with Crippen molar-refractivity contribution in [1.82, 2.24) is 10.2 Å². The number of nitrogens with one attached hydrogen (secondary N) is 1. The van der Waals surface area contributed by atoms with E-state index in [2.05, 4.69) is 21.2 Å². The number of carbonyl (C=O) groups excluding carboxylic acids is 2. The molecule has 0 atom stereocenters. The summed E-state index contributed by atoms with van der Waals surface area (Å²) in [5.74, 6) is 0.186. The van der Waals surface area contributed by atoms with Gasteiger partial charge in [0.15, 0.2) is 0 Å². The highest BCUT2D eigenvalue weighted by Crippen LogP contribution is 2.18. The molecule has 16 heavy (non-hydrogen) atoms. The summed E-state index contributed by atoms with van der Waals surface area (Å²) in [7, 11) is 1.63. The third kappa shape index (κ3) is 6.10. The van der Waals surface area contributed by atoms with E-state index in [0.29, 0.717) is 12.5 Å². The van der Waals surface area contributed by atoms with E-state index in [0.717, 1.165) is 0 Å². The van der Waals surface area contributed by atoms with Gasteiger partial charge >= 0.3 is 0 Å². The van der Waals surface area contributed by atoms with Gasteiger partial charge in [-0.3, -0.25) is 9.59 Å². The van der Waals surface area contributed by atoms with Gasteiger partial charge in [-0.15, -0.1) is 0 Å². The van der Waals surface area contributed by atoms with Crippen LogP contribution in [0.2, 0.25) is 0 Å². The summed E-state index contributed by atoms with van der Waals surface area (Å²) in [5, 5.41) is 2.77. The molecule has 0 aromatic carbocycles. The second-order valence-electron chi connectivity index (χ2n) is 4.83. The number of rotatable bonds is 5. The highest BCUT2D eigenvalue weighted by molar-refractivity contribution is 9.10. The van der Waals surface area contributed by atoms with Crippen LogP contribution in [0.25, 0.3) is 0 Å². The van der Waals surface area contributed by atoms with Crippen LogP contribution in [0.4, 0.5) is 0 Å². The van der Waals surface area contributed by atoms with E-state index >= 15 is 0 Å². The number of nitrogens with zero attached hydrogens (tertiary/aromatic N) is 1. The minimum absolute atomic E-state index is 0.0978. The summed E-state index contributed by atoms with van der Waals surface area (Å²) < 4.78 is -0.625. The van der Waals surface area contributed by atoms with Crippen molar-refractivity contribution in [3.63, 3.8) is 0 Å². The third-order valence-electron chi connectivity index (χ3n) is 1.94. The topological polar surface area (TPSA) is 49.4 Å². The average Bonchev–Trinajstić information content (AvgIpc) is 2.11. The molecule has 0 heterocycles. The molecular weight excluding hydrogens is 272 g/mol. The van der Waals surface area contributed by atoms with E-state index in [1.165, 1.54) is 4.90 Å². The van der Waals surface area contributed by atoms with Gasteiger partial charge in [0.25, 0.3) is 0 Å². The lowest BCUT2D eigenvalue weighted by atomic mass is 10.2. The molecule has 0 radical (unpaired) electrons. The number of amides is 2. The molecule has 1 N–H and O–H groups in total. The molecule has 0 unspecified atom stereocenters. The zero-order valence-corrected chi connectivity index (χ0v) is 12.2. The number of alkyl halides is 1. The standard InChI is InChI=1S/C11H21BrN2O2/c1-8(2)6-13-9(15)7-14(5)10(16)11(3,4)12/h8H,6-7H2,1-5H3,(H,13,15). The van der Waals surface area contributed by atoms with E-state index in [-0.39, 0.29) is 18.4 Å². The number of likely N-dealkylation sites (N-methyl/N-ethyl adjacent to an activating group) is 1. The Hall–Kier alpha value is -0.580. The molecule has 2 amide bonds. The van der Waals surface area contributed by atoms with Crippen molar-refractivity contribution in [1.29, 1.82) is 0 Å². The van der Waals surface area contributed by atoms with E-state index in [1.54, 1.807) is 20.9 Å². The molecule has 0 saturated heterocycles. The van der Waals surface area contributed by atoms with Gasteiger partial charge in [0.2, 0.25) is 11.8 Å². The van der Waals surface area contributed by atoms with Crippen LogP contribution >= 0.6 is 15.9 Å². The third-order valence-corrected chi connectivity index (χ3v) is 2.28. The van der Waals surface area contributed by atoms with Crippen molar-refractivity contribution in [3.8, 4) is 0 Å². The van der Waals surface area contributed by atoms with Crippen molar-refractivity contribution in [2.45, 2.75) is 32.0 Å². The lowest BCUT2D eigenvalue weighted by molar-refractivity contribution is -0.135. The normalized spacial score (nSPS) is 11.4. The lowest BCUT2D eigenvalue weighted by Crippen LogP contribution is -2.45. The zero-order chi connectivity index (χ0) is 12.9. The van der Waals surface area contributed by atoms with E-state index in [4.69, 9.17) is 0 Å². The average molecular weight is 293 g/mol. The van der Waals surface area contributed by atoms with Gasteiger partial charge in [0, 0.05) is 13.6 Å². The Balaban J connectivity index is 4.10. The van der Waals surface area contributed by atoms with Crippen LogP contribution in [0.1, 0.15) is 27.7 Å². The maximum absolute atomic E-state index is 11.7. The Labute approximate surface area is 106 Å². The van der Waals surface area contributed by atoms with E-state index < -0.39 is 4.32 Å². The maximum Gasteiger partial charge on any atom is 0.239 e. The predicted molar refractivity (Wildman–Crippen MR) is 68.5 cm³/mol. The van der Waals surface area contributed by atoms with Gasteiger partial charge in [0.05, 0.1) is 10.9 Å². The summed E-state index contributed by atoms with van der Waals surface area (Å²) in [6.45, 7) is 8.31.